The molecule has 0 saturated carbocycles. The van der Waals surface area contributed by atoms with Crippen LogP contribution in [-0.4, -0.2) is 19.5 Å². The molecule has 0 amide bonds. The first-order valence-electron chi connectivity index (χ1n) is 5.71. The highest BCUT2D eigenvalue weighted by Crippen LogP contribution is 2.39. The van der Waals surface area contributed by atoms with Crippen LogP contribution in [0.1, 0.15) is 24.0 Å². The number of nitrogens with one attached hydrogen (secondary N) is 1. The molecule has 1 fully saturated rings. The lowest BCUT2D eigenvalue weighted by molar-refractivity contribution is 0.0295. The van der Waals surface area contributed by atoms with Gasteiger partial charge in [-0.3, -0.25) is 0 Å². The van der Waals surface area contributed by atoms with Crippen LogP contribution < -0.4 is 5.32 Å². The van der Waals surface area contributed by atoms with Gasteiger partial charge in [-0.2, -0.15) is 0 Å². The molecule has 0 aliphatic carbocycles. The van der Waals surface area contributed by atoms with Gasteiger partial charge >= 0.3 is 0 Å². The minimum absolute atomic E-state index is 0.522. The Hall–Kier alpha value is -0.960. The van der Waals surface area contributed by atoms with Crippen molar-refractivity contribution in [2.75, 3.05) is 13.1 Å². The Morgan fingerprint density at radius 1 is 1.25 bits per heavy atom. The van der Waals surface area contributed by atoms with Crippen molar-refractivity contribution in [2.24, 2.45) is 0 Å². The van der Waals surface area contributed by atoms with Gasteiger partial charge in [-0.25, -0.2) is 8.78 Å². The number of alkyl halides is 2. The molecule has 0 atom stereocenters. The number of benzene rings is 1. The molecule has 0 spiro atoms. The minimum Gasteiger partial charge on any atom is -0.317 e. The van der Waals surface area contributed by atoms with Crippen LogP contribution >= 0.6 is 0 Å². The predicted octanol–water partition coefficient (Wildman–Crippen LogP) is 2.88. The van der Waals surface area contributed by atoms with Crippen molar-refractivity contribution in [1.82, 2.24) is 5.32 Å². The molecule has 16 heavy (non-hydrogen) atoms. The fraction of sp³-hybridized carbons (Fsp3) is 0.538. The topological polar surface area (TPSA) is 12.0 Å². The zero-order chi connectivity index (χ0) is 11.6. The highest BCUT2D eigenvalue weighted by molar-refractivity contribution is 5.31. The molecule has 1 aliphatic heterocycles. The summed E-state index contributed by atoms with van der Waals surface area (Å²) in [7, 11) is 0. The highest BCUT2D eigenvalue weighted by atomic mass is 19.3. The lowest BCUT2D eigenvalue weighted by Crippen LogP contribution is -2.44. The second kappa shape index (κ2) is 4.50. The first-order valence-corrected chi connectivity index (χ1v) is 5.71. The van der Waals surface area contributed by atoms with E-state index in [1.807, 2.05) is 31.2 Å². The van der Waals surface area contributed by atoms with Crippen molar-refractivity contribution in [3.63, 3.8) is 0 Å². The maximum atomic E-state index is 13.4. The third-order valence-electron chi connectivity index (χ3n) is 3.51. The lowest BCUT2D eigenvalue weighted by Gasteiger charge is -2.37. The van der Waals surface area contributed by atoms with Crippen LogP contribution in [0.5, 0.6) is 0 Å². The van der Waals surface area contributed by atoms with E-state index in [9.17, 15) is 8.78 Å². The van der Waals surface area contributed by atoms with E-state index in [0.29, 0.717) is 25.9 Å². The van der Waals surface area contributed by atoms with E-state index in [2.05, 4.69) is 5.32 Å². The van der Waals surface area contributed by atoms with Gasteiger partial charge in [0.05, 0.1) is 5.41 Å². The maximum absolute atomic E-state index is 13.4. The van der Waals surface area contributed by atoms with Crippen molar-refractivity contribution < 1.29 is 8.78 Å². The summed E-state index contributed by atoms with van der Waals surface area (Å²) < 4.78 is 26.7. The molecule has 1 heterocycles. The minimum atomic E-state index is -2.28. The molecule has 1 N–H and O–H groups in total. The predicted molar refractivity (Wildman–Crippen MR) is 61.0 cm³/mol. The summed E-state index contributed by atoms with van der Waals surface area (Å²) in [6.45, 7) is 3.31. The quantitative estimate of drug-likeness (QED) is 0.816. The SMILES string of the molecule is Cc1cccc(C2(C(F)F)CCNCC2)c1. The van der Waals surface area contributed by atoms with E-state index in [1.54, 1.807) is 0 Å². The third kappa shape index (κ3) is 1.96. The van der Waals surface area contributed by atoms with E-state index < -0.39 is 11.8 Å². The fourth-order valence-electron chi connectivity index (χ4n) is 2.46. The summed E-state index contributed by atoms with van der Waals surface area (Å²) in [6, 6.07) is 7.56. The molecular formula is C13H17F2N. The van der Waals surface area contributed by atoms with Crippen LogP contribution in [0.25, 0.3) is 0 Å². The Balaban J connectivity index is 2.38. The van der Waals surface area contributed by atoms with E-state index in [0.717, 1.165) is 11.1 Å². The molecule has 1 aliphatic rings. The lowest BCUT2D eigenvalue weighted by atomic mass is 9.73. The second-order valence-electron chi connectivity index (χ2n) is 4.58. The van der Waals surface area contributed by atoms with Gasteiger partial charge < -0.3 is 5.32 Å². The Kier molecular flexibility index (Phi) is 3.24. The van der Waals surface area contributed by atoms with Gasteiger partial charge in [0.15, 0.2) is 0 Å². The van der Waals surface area contributed by atoms with Crippen LogP contribution in [0, 0.1) is 6.92 Å². The van der Waals surface area contributed by atoms with Crippen molar-refractivity contribution >= 4 is 0 Å². The average molecular weight is 225 g/mol. The Labute approximate surface area is 94.9 Å². The fourth-order valence-corrected chi connectivity index (χ4v) is 2.46. The number of hydrogen-bond donors (Lipinski definition) is 1. The van der Waals surface area contributed by atoms with Crippen LogP contribution in [0.2, 0.25) is 0 Å². The van der Waals surface area contributed by atoms with E-state index in [1.165, 1.54) is 0 Å². The zero-order valence-electron chi connectivity index (χ0n) is 9.47. The van der Waals surface area contributed by atoms with Crippen LogP contribution in [-0.2, 0) is 5.41 Å². The van der Waals surface area contributed by atoms with Gasteiger partial charge in [0.1, 0.15) is 0 Å². The Bertz CT molecular complexity index is 357. The molecule has 1 aromatic carbocycles. The smallest absolute Gasteiger partial charge is 0.248 e. The van der Waals surface area contributed by atoms with Crippen molar-refractivity contribution in [2.45, 2.75) is 31.6 Å². The molecule has 2 rings (SSSR count). The number of rotatable bonds is 2. The summed E-state index contributed by atoms with van der Waals surface area (Å²) in [5.74, 6) is 0. The Morgan fingerprint density at radius 3 is 2.50 bits per heavy atom. The van der Waals surface area contributed by atoms with Gasteiger partial charge in [0.25, 0.3) is 0 Å². The molecule has 1 aromatic rings. The summed E-state index contributed by atoms with van der Waals surface area (Å²) in [6.07, 6.45) is -1.24. The van der Waals surface area contributed by atoms with Crippen LogP contribution in [0.4, 0.5) is 8.78 Å². The number of halogens is 2. The van der Waals surface area contributed by atoms with Gasteiger partial charge in [0, 0.05) is 0 Å². The van der Waals surface area contributed by atoms with Gasteiger partial charge in [-0.15, -0.1) is 0 Å². The molecule has 0 radical (unpaired) electrons. The van der Waals surface area contributed by atoms with E-state index >= 15 is 0 Å². The summed E-state index contributed by atoms with van der Waals surface area (Å²) in [4.78, 5) is 0. The van der Waals surface area contributed by atoms with Crippen molar-refractivity contribution in [3.05, 3.63) is 35.4 Å². The van der Waals surface area contributed by atoms with Crippen LogP contribution in [0.3, 0.4) is 0 Å². The van der Waals surface area contributed by atoms with E-state index in [-0.39, 0.29) is 0 Å². The van der Waals surface area contributed by atoms with Gasteiger partial charge in [-0.1, -0.05) is 29.8 Å². The monoisotopic (exact) mass is 225 g/mol. The normalized spacial score (nSPS) is 20.0. The maximum Gasteiger partial charge on any atom is 0.248 e. The standard InChI is InChI=1S/C13H17F2N/c1-10-3-2-4-11(9-10)13(12(14)15)5-7-16-8-6-13/h2-4,9,12,16H,5-8H2,1H3. The van der Waals surface area contributed by atoms with Crippen molar-refractivity contribution in [3.8, 4) is 0 Å². The van der Waals surface area contributed by atoms with E-state index in [4.69, 9.17) is 0 Å². The molecule has 0 unspecified atom stereocenters. The summed E-state index contributed by atoms with van der Waals surface area (Å²) in [5, 5.41) is 3.15. The Morgan fingerprint density at radius 2 is 1.94 bits per heavy atom. The third-order valence-corrected chi connectivity index (χ3v) is 3.51. The number of hydrogen-bond acceptors (Lipinski definition) is 1. The molecule has 1 nitrogen and oxygen atoms in total. The first-order chi connectivity index (χ1) is 7.65. The highest BCUT2D eigenvalue weighted by Gasteiger charge is 2.42. The van der Waals surface area contributed by atoms with Gasteiger partial charge in [-0.05, 0) is 38.4 Å². The summed E-state index contributed by atoms with van der Waals surface area (Å²) in [5.41, 5.74) is 0.914. The molecule has 3 heteroatoms. The number of aryl methyl sites for hydroxylation is 1. The van der Waals surface area contributed by atoms with Gasteiger partial charge in [0.2, 0.25) is 6.43 Å². The summed E-state index contributed by atoms with van der Waals surface area (Å²) >= 11 is 0. The molecule has 1 saturated heterocycles. The average Bonchev–Trinajstić information content (AvgIpc) is 2.30. The zero-order valence-corrected chi connectivity index (χ0v) is 9.47. The molecule has 88 valence electrons. The second-order valence-corrected chi connectivity index (χ2v) is 4.58. The molecule has 0 bridgehead atoms. The molecule has 0 aromatic heterocycles. The van der Waals surface area contributed by atoms with Crippen LogP contribution in [0.15, 0.2) is 24.3 Å². The van der Waals surface area contributed by atoms with Crippen molar-refractivity contribution in [1.29, 1.82) is 0 Å². The number of piperidine rings is 1. The molecular weight excluding hydrogens is 208 g/mol. The first kappa shape index (κ1) is 11.5. The largest absolute Gasteiger partial charge is 0.317 e.